The number of hydrazine groups is 1. The monoisotopic (exact) mass is 1440 g/mol. The molecule has 1 atom stereocenters. The molecule has 16 nitrogen and oxygen atoms in total. The zero-order valence-electron chi connectivity index (χ0n) is 54.5. The van der Waals surface area contributed by atoms with Crippen LogP contribution >= 0.6 is 104 Å². The van der Waals surface area contributed by atoms with E-state index in [4.69, 9.17) is 89.2 Å². The quantitative estimate of drug-likeness (QED) is 0.0623. The normalized spacial score (nSPS) is 14.5. The molecular formula is C70H68Cl4N14O2S5. The van der Waals surface area contributed by atoms with Gasteiger partial charge >= 0.3 is 5.97 Å². The highest BCUT2D eigenvalue weighted by Crippen LogP contribution is 2.42. The summed E-state index contributed by atoms with van der Waals surface area (Å²) in [7, 11) is 0. The second-order valence-corrected chi connectivity index (χ2v) is 30.9. The molecule has 10 aromatic rings. The molecule has 0 unspecified atom stereocenters. The van der Waals surface area contributed by atoms with Gasteiger partial charge in [-0.2, -0.15) is 0 Å². The highest BCUT2D eigenvalue weighted by Gasteiger charge is 2.34. The third-order valence-electron chi connectivity index (χ3n) is 16.2. The Labute approximate surface area is 593 Å². The van der Waals surface area contributed by atoms with Gasteiger partial charge in [-0.3, -0.25) is 33.9 Å². The molecule has 6 aromatic heterocycles. The number of thiophene rings is 4. The van der Waals surface area contributed by atoms with Gasteiger partial charge in [-0.1, -0.05) is 107 Å². The number of aliphatic imine (C=N–C) groups is 5. The Hall–Kier alpha value is -7.41. The van der Waals surface area contributed by atoms with Crippen LogP contribution in [-0.2, 0) is 16.1 Å². The van der Waals surface area contributed by atoms with Crippen molar-refractivity contribution in [1.82, 2.24) is 35.0 Å². The molecule has 0 saturated carbocycles. The van der Waals surface area contributed by atoms with Gasteiger partial charge in [0.1, 0.15) is 60.7 Å². The molecule has 4 aliphatic rings. The molecule has 10 heterocycles. The highest BCUT2D eigenvalue weighted by molar-refractivity contribution is 7.80. The van der Waals surface area contributed by atoms with Crippen LogP contribution < -0.4 is 16.6 Å². The number of halogens is 4. The number of fused-ring (bicyclic) bond motifs is 8. The number of ether oxygens (including phenoxy) is 1. The van der Waals surface area contributed by atoms with Crippen LogP contribution in [0.3, 0.4) is 0 Å². The van der Waals surface area contributed by atoms with Crippen LogP contribution in [0.4, 0.5) is 10.0 Å². The lowest BCUT2D eigenvalue weighted by Crippen LogP contribution is -2.32. The van der Waals surface area contributed by atoms with Crippen LogP contribution in [-0.4, -0.2) is 87.9 Å². The summed E-state index contributed by atoms with van der Waals surface area (Å²) >= 11 is 36.3. The fraction of sp³-hybridized carbons (Fsp3) is 0.271. The number of benzene rings is 4. The van der Waals surface area contributed by atoms with Crippen molar-refractivity contribution in [3.05, 3.63) is 227 Å². The van der Waals surface area contributed by atoms with Crippen molar-refractivity contribution in [3.8, 4) is 10.0 Å². The predicted octanol–water partition coefficient (Wildman–Crippen LogP) is 17.8. The molecule has 4 aromatic carbocycles. The van der Waals surface area contributed by atoms with Gasteiger partial charge in [-0.25, -0.2) is 10.8 Å². The van der Waals surface area contributed by atoms with E-state index >= 15 is 0 Å². The standard InChI is InChI=1S/C23H25ClN4O2S.C17H15ClN4S.C15H15ClN4S.C15H13ClN2S2/c1-12-13(2)31-22-19(12)20(15-7-9-16(24)10-8-15)25-17(11-18(29)30-23(4,5)6)21-27-26-14(3)28(21)22;1-9-10(2)23-17-15(9)16(12-4-6-13(18)7-5-12)19-8-14-21-20-11(3)22(14)17;1-8-9(2)21-15-13(8)14(18-7-12(19-15)20-17)10-3-5-11(16)6-4-10;1-8-9(2)20-15-13(8)14(17-7-12(19)18-15)10-3-5-11(16)6-4-10/h7-10,17H,11H2,1-6H3;4-7H,8H2,1-3H3;3-6H,7,17H2,1-2H3,(H,19,20);3-6H,7H2,1-2H3,(H,18,19)/t17-;;;/m0.../s1. The lowest BCUT2D eigenvalue weighted by molar-refractivity contribution is -0.155. The number of nitrogens with one attached hydrogen (secondary N) is 2. The number of rotatable bonds is 6. The van der Waals surface area contributed by atoms with Crippen molar-refractivity contribution < 1.29 is 9.53 Å². The van der Waals surface area contributed by atoms with Crippen molar-refractivity contribution in [2.24, 2.45) is 30.8 Å². The summed E-state index contributed by atoms with van der Waals surface area (Å²) in [5, 5.41) is 27.6. The molecule has 14 rings (SSSR count). The molecule has 95 heavy (non-hydrogen) atoms. The largest absolute Gasteiger partial charge is 0.460 e. The first kappa shape index (κ1) is 69.0. The number of hydrogen-bond acceptors (Lipinski definition) is 18. The minimum atomic E-state index is -0.569. The lowest BCUT2D eigenvalue weighted by atomic mass is 9.99. The second kappa shape index (κ2) is 28.7. The topological polar surface area (TPSA) is 200 Å². The summed E-state index contributed by atoms with van der Waals surface area (Å²) < 4.78 is 9.74. The molecule has 0 fully saturated rings. The SMILES string of the molecule is Cc1sc2c(c1C)C(c1ccc(Cl)cc1)=NCC(=S)N2.Cc1sc2c(c1C)C(c1ccc(Cl)cc1)=NCC(NN)=N2.Cc1sc2c(c1C)C(c1ccc(Cl)cc1)=NCc1nnc(C)n1-2.Cc1sc2c(c1C)C(c1ccc(Cl)cc1)=N[C@@H](CC(=O)OC(C)(C)C)c1nnc(C)n1-2. The molecule has 0 saturated heterocycles. The predicted molar refractivity (Wildman–Crippen MR) is 400 cm³/mol. The van der Waals surface area contributed by atoms with Crippen LogP contribution in [0.2, 0.25) is 20.1 Å². The third kappa shape index (κ3) is 14.8. The van der Waals surface area contributed by atoms with E-state index in [1.54, 1.807) is 45.3 Å². The van der Waals surface area contributed by atoms with E-state index in [0.717, 1.165) is 120 Å². The number of nitrogens with zero attached hydrogens (tertiary/aromatic N) is 11. The minimum absolute atomic E-state index is 0.0828. The van der Waals surface area contributed by atoms with E-state index < -0.39 is 11.6 Å². The third-order valence-corrected chi connectivity index (χ3v) is 22.1. The smallest absolute Gasteiger partial charge is 0.308 e. The average Bonchev–Trinajstić information content (AvgIpc) is 1.61. The first-order valence-corrected chi connectivity index (χ1v) is 35.5. The summed E-state index contributed by atoms with van der Waals surface area (Å²) in [6.07, 6.45) is 0.0828. The number of anilines is 1. The van der Waals surface area contributed by atoms with Gasteiger partial charge in [0.2, 0.25) is 0 Å². The highest BCUT2D eigenvalue weighted by atomic mass is 35.5. The summed E-state index contributed by atoms with van der Waals surface area (Å²) in [5.41, 5.74) is 19.3. The fourth-order valence-electron chi connectivity index (χ4n) is 11.1. The first-order chi connectivity index (χ1) is 45.3. The van der Waals surface area contributed by atoms with Crippen molar-refractivity contribution in [2.75, 3.05) is 18.4 Å². The molecule has 4 N–H and O–H groups in total. The van der Waals surface area contributed by atoms with E-state index in [-0.39, 0.29) is 12.4 Å². The van der Waals surface area contributed by atoms with Gasteiger partial charge in [0.25, 0.3) is 0 Å². The molecule has 25 heteroatoms. The molecule has 488 valence electrons. The second-order valence-electron chi connectivity index (χ2n) is 23.9. The maximum atomic E-state index is 12.7. The zero-order chi connectivity index (χ0) is 67.9. The summed E-state index contributed by atoms with van der Waals surface area (Å²) in [4.78, 5) is 42.4. The number of nitrogens with two attached hydrogens (primary N) is 1. The number of hydrogen-bond donors (Lipinski definition) is 3. The number of aromatic nitrogens is 6. The molecular weight excluding hydrogens is 1370 g/mol. The number of esters is 1. The Morgan fingerprint density at radius 3 is 1.52 bits per heavy atom. The van der Waals surface area contributed by atoms with Gasteiger partial charge in [0.05, 0.1) is 42.4 Å². The summed E-state index contributed by atoms with van der Waals surface area (Å²) in [6, 6.07) is 30.5. The fourth-order valence-corrected chi connectivity index (χ4v) is 16.4. The molecule has 0 amide bonds. The Morgan fingerprint density at radius 1 is 0.558 bits per heavy atom. The number of thiocarbonyl (C=S) groups is 1. The Kier molecular flexibility index (Phi) is 20.9. The van der Waals surface area contributed by atoms with Crippen molar-refractivity contribution >= 4 is 154 Å². The van der Waals surface area contributed by atoms with Crippen LogP contribution in [0.5, 0.6) is 0 Å². The molecule has 4 aliphatic heterocycles. The van der Waals surface area contributed by atoms with Crippen molar-refractivity contribution in [2.45, 2.75) is 115 Å². The average molecular weight is 1440 g/mol. The number of carbonyl (C=O) groups excluding carboxylic acids is 1. The van der Waals surface area contributed by atoms with E-state index in [0.29, 0.717) is 41.3 Å². The van der Waals surface area contributed by atoms with Crippen molar-refractivity contribution in [1.29, 1.82) is 0 Å². The van der Waals surface area contributed by atoms with E-state index in [1.165, 1.54) is 41.8 Å². The Morgan fingerprint density at radius 2 is 0.979 bits per heavy atom. The Bertz CT molecular complexity index is 4770. The van der Waals surface area contributed by atoms with Gasteiger partial charge in [0, 0.05) is 84.1 Å². The van der Waals surface area contributed by atoms with Gasteiger partial charge in [-0.15, -0.1) is 65.7 Å². The molecule has 0 bridgehead atoms. The van der Waals surface area contributed by atoms with Gasteiger partial charge in [0.15, 0.2) is 11.6 Å². The maximum Gasteiger partial charge on any atom is 0.308 e. The van der Waals surface area contributed by atoms with E-state index in [2.05, 4.69) is 96.1 Å². The first-order valence-electron chi connectivity index (χ1n) is 30.3. The van der Waals surface area contributed by atoms with Gasteiger partial charge < -0.3 is 15.5 Å². The molecule has 0 aliphatic carbocycles. The number of carbonyl (C=O) groups is 1. The molecule has 0 spiro atoms. The van der Waals surface area contributed by atoms with Crippen LogP contribution in [0.25, 0.3) is 10.0 Å². The molecule has 0 radical (unpaired) electrons. The summed E-state index contributed by atoms with van der Waals surface area (Å²) in [5.74, 6) is 9.06. The zero-order valence-corrected chi connectivity index (χ0v) is 61.6. The van der Waals surface area contributed by atoms with E-state index in [1.807, 2.05) is 136 Å². The number of amidine groups is 1. The summed E-state index contributed by atoms with van der Waals surface area (Å²) in [6.45, 7) is 27.9. The van der Waals surface area contributed by atoms with E-state index in [9.17, 15) is 4.79 Å². The van der Waals surface area contributed by atoms with Gasteiger partial charge in [-0.05, 0) is 161 Å². The maximum absolute atomic E-state index is 12.7. The lowest BCUT2D eigenvalue weighted by Gasteiger charge is -2.21. The van der Waals surface area contributed by atoms with Crippen LogP contribution in [0.1, 0.15) is 143 Å². The minimum Gasteiger partial charge on any atom is -0.460 e. The number of aryl methyl sites for hydroxylation is 6. The Balaban J connectivity index is 0.000000131. The van der Waals surface area contributed by atoms with Crippen molar-refractivity contribution in [3.63, 3.8) is 0 Å². The van der Waals surface area contributed by atoms with Crippen LogP contribution in [0, 0.1) is 69.2 Å². The van der Waals surface area contributed by atoms with Crippen LogP contribution in [0.15, 0.2) is 122 Å².